The van der Waals surface area contributed by atoms with Crippen LogP contribution in [0.2, 0.25) is 10.0 Å². The molecule has 1 aromatic heterocycles. The number of carbonyl (C=O) groups is 2. The van der Waals surface area contributed by atoms with Crippen LogP contribution < -0.4 is 15.4 Å². The molecule has 0 bridgehead atoms. The van der Waals surface area contributed by atoms with Crippen LogP contribution >= 0.6 is 23.2 Å². The highest BCUT2D eigenvalue weighted by Crippen LogP contribution is 2.48. The van der Waals surface area contributed by atoms with Crippen molar-refractivity contribution in [2.24, 2.45) is 0 Å². The molecule has 0 spiro atoms. The lowest BCUT2D eigenvalue weighted by molar-refractivity contribution is -0.116. The molecular weight excluding hydrogens is 521 g/mol. The fourth-order valence-corrected chi connectivity index (χ4v) is 5.72. The first-order valence-corrected chi connectivity index (χ1v) is 13.1. The maximum Gasteiger partial charge on any atom is 0.255 e. The van der Waals surface area contributed by atoms with Crippen molar-refractivity contribution < 1.29 is 14.3 Å². The van der Waals surface area contributed by atoms with Gasteiger partial charge >= 0.3 is 0 Å². The Morgan fingerprint density at radius 2 is 1.76 bits per heavy atom. The van der Waals surface area contributed by atoms with E-state index in [2.05, 4.69) is 15.6 Å². The number of hydrogen-bond donors (Lipinski definition) is 2. The number of anilines is 1. The SMILES string of the molecule is COc1ccc(C2CC(=O)C3=C(C2)NC(C)=C(C(=O)Nc2cccc(C)n2)C3c2cccc(Cl)c2Cl)cc1. The van der Waals surface area contributed by atoms with Crippen LogP contribution in [0.15, 0.2) is 83.2 Å². The Hall–Kier alpha value is -3.61. The van der Waals surface area contributed by atoms with Crippen molar-refractivity contribution in [3.63, 3.8) is 0 Å². The molecule has 2 unspecified atom stereocenters. The van der Waals surface area contributed by atoms with E-state index in [4.69, 9.17) is 27.9 Å². The van der Waals surface area contributed by atoms with Gasteiger partial charge in [0.05, 0.1) is 17.2 Å². The summed E-state index contributed by atoms with van der Waals surface area (Å²) in [6, 6.07) is 18.5. The number of pyridine rings is 1. The molecule has 1 amide bonds. The van der Waals surface area contributed by atoms with E-state index in [1.807, 2.05) is 56.3 Å². The smallest absolute Gasteiger partial charge is 0.255 e. The van der Waals surface area contributed by atoms with Gasteiger partial charge in [-0.2, -0.15) is 0 Å². The summed E-state index contributed by atoms with van der Waals surface area (Å²) in [5.41, 5.74) is 4.86. The Morgan fingerprint density at radius 3 is 2.47 bits per heavy atom. The van der Waals surface area contributed by atoms with E-state index in [-0.39, 0.29) is 17.6 Å². The van der Waals surface area contributed by atoms with Gasteiger partial charge in [-0.3, -0.25) is 9.59 Å². The fourth-order valence-electron chi connectivity index (χ4n) is 5.30. The van der Waals surface area contributed by atoms with E-state index in [0.717, 1.165) is 22.7 Å². The topological polar surface area (TPSA) is 80.3 Å². The van der Waals surface area contributed by atoms with Gasteiger partial charge in [0.1, 0.15) is 11.6 Å². The summed E-state index contributed by atoms with van der Waals surface area (Å²) in [5.74, 6) is 0.125. The maximum atomic E-state index is 13.8. The summed E-state index contributed by atoms with van der Waals surface area (Å²) in [7, 11) is 1.63. The summed E-state index contributed by atoms with van der Waals surface area (Å²) in [4.78, 5) is 32.0. The summed E-state index contributed by atoms with van der Waals surface area (Å²) in [5, 5.41) is 6.98. The molecule has 2 atom stereocenters. The predicted octanol–water partition coefficient (Wildman–Crippen LogP) is 6.71. The first-order chi connectivity index (χ1) is 18.3. The molecule has 0 radical (unpaired) electrons. The summed E-state index contributed by atoms with van der Waals surface area (Å²) in [6.45, 7) is 3.70. The Labute approximate surface area is 231 Å². The zero-order valence-electron chi connectivity index (χ0n) is 21.3. The molecule has 5 rings (SSSR count). The van der Waals surface area contributed by atoms with Crippen LogP contribution in [-0.4, -0.2) is 23.8 Å². The molecule has 0 saturated heterocycles. The number of hydrogen-bond acceptors (Lipinski definition) is 5. The van der Waals surface area contributed by atoms with E-state index in [1.165, 1.54) is 0 Å². The minimum Gasteiger partial charge on any atom is -0.497 e. The molecule has 38 heavy (non-hydrogen) atoms. The number of ether oxygens (including phenoxy) is 1. The highest BCUT2D eigenvalue weighted by molar-refractivity contribution is 6.42. The number of carbonyl (C=O) groups excluding carboxylic acids is 2. The van der Waals surface area contributed by atoms with Gasteiger partial charge < -0.3 is 15.4 Å². The molecule has 194 valence electrons. The first-order valence-electron chi connectivity index (χ1n) is 12.3. The molecule has 0 fully saturated rings. The standard InChI is InChI=1S/C30H27Cl2N3O3/c1-16-6-4-9-25(33-16)35-30(37)26-17(2)34-23-14-19(18-10-12-20(38-3)13-11-18)15-24(36)28(23)27(26)21-7-5-8-22(31)29(21)32/h4-13,19,27,34H,14-15H2,1-3H3,(H,33,35,37). The van der Waals surface area contributed by atoms with Gasteiger partial charge in [-0.15, -0.1) is 0 Å². The number of nitrogens with zero attached hydrogens (tertiary/aromatic N) is 1. The van der Waals surface area contributed by atoms with E-state index in [1.54, 1.807) is 25.3 Å². The highest BCUT2D eigenvalue weighted by Gasteiger charge is 2.41. The van der Waals surface area contributed by atoms with Crippen LogP contribution in [0.25, 0.3) is 0 Å². The molecule has 2 N–H and O–H groups in total. The number of rotatable bonds is 5. The molecule has 2 heterocycles. The van der Waals surface area contributed by atoms with Crippen LogP contribution in [0.3, 0.4) is 0 Å². The molecule has 8 heteroatoms. The van der Waals surface area contributed by atoms with Crippen molar-refractivity contribution >= 4 is 40.7 Å². The molecule has 3 aromatic rings. The molecule has 2 aliphatic rings. The summed E-state index contributed by atoms with van der Waals surface area (Å²) in [6.07, 6.45) is 0.933. The monoisotopic (exact) mass is 547 g/mol. The lowest BCUT2D eigenvalue weighted by Crippen LogP contribution is -2.37. The first kappa shape index (κ1) is 26.0. The van der Waals surface area contributed by atoms with Crippen molar-refractivity contribution in [1.82, 2.24) is 10.3 Å². The number of aromatic nitrogens is 1. The largest absolute Gasteiger partial charge is 0.497 e. The summed E-state index contributed by atoms with van der Waals surface area (Å²) < 4.78 is 5.28. The van der Waals surface area contributed by atoms with E-state index < -0.39 is 5.92 Å². The number of allylic oxidation sites excluding steroid dienone is 3. The number of nitrogens with one attached hydrogen (secondary N) is 2. The van der Waals surface area contributed by atoms with Crippen LogP contribution in [-0.2, 0) is 9.59 Å². The number of halogens is 2. The third-order valence-corrected chi connectivity index (χ3v) is 7.92. The van der Waals surface area contributed by atoms with E-state index in [9.17, 15) is 9.59 Å². The summed E-state index contributed by atoms with van der Waals surface area (Å²) >= 11 is 13.1. The number of aryl methyl sites for hydroxylation is 1. The number of benzene rings is 2. The van der Waals surface area contributed by atoms with Crippen molar-refractivity contribution in [1.29, 1.82) is 0 Å². The number of Topliss-reactive ketones (excluding diaryl/α,β-unsaturated/α-hetero) is 1. The maximum absolute atomic E-state index is 13.8. The molecule has 2 aromatic carbocycles. The van der Waals surface area contributed by atoms with E-state index >= 15 is 0 Å². The molecular formula is C30H27Cl2N3O3. The zero-order valence-corrected chi connectivity index (χ0v) is 22.8. The Morgan fingerprint density at radius 1 is 1.03 bits per heavy atom. The Balaban J connectivity index is 1.57. The van der Waals surface area contributed by atoms with Crippen molar-refractivity contribution in [3.8, 4) is 5.75 Å². The molecule has 1 aliphatic heterocycles. The number of amides is 1. The van der Waals surface area contributed by atoms with Gasteiger partial charge in [-0.25, -0.2) is 4.98 Å². The predicted molar refractivity (Wildman–Crippen MR) is 150 cm³/mol. The number of ketones is 1. The van der Waals surface area contributed by atoms with Gasteiger partial charge in [-0.1, -0.05) is 53.5 Å². The quantitative estimate of drug-likeness (QED) is 0.371. The minimum atomic E-state index is -0.674. The molecule has 6 nitrogen and oxygen atoms in total. The average Bonchev–Trinajstić information content (AvgIpc) is 2.89. The van der Waals surface area contributed by atoms with E-state index in [0.29, 0.717) is 51.1 Å². The second-order valence-corrected chi connectivity index (χ2v) is 10.3. The normalized spacial score (nSPS) is 19.1. The third-order valence-electron chi connectivity index (χ3n) is 7.08. The van der Waals surface area contributed by atoms with Gasteiger partial charge in [0.15, 0.2) is 5.78 Å². The van der Waals surface area contributed by atoms with Crippen LogP contribution in [0, 0.1) is 6.92 Å². The molecule has 0 saturated carbocycles. The Bertz CT molecular complexity index is 1490. The third kappa shape index (κ3) is 4.94. The zero-order chi connectivity index (χ0) is 27.0. The van der Waals surface area contributed by atoms with Crippen LogP contribution in [0.5, 0.6) is 5.75 Å². The lowest BCUT2D eigenvalue weighted by atomic mass is 9.71. The van der Waals surface area contributed by atoms with Gasteiger partial charge in [-0.05, 0) is 67.6 Å². The van der Waals surface area contributed by atoms with Gasteiger partial charge in [0, 0.05) is 40.6 Å². The number of methoxy groups -OCH3 is 1. The van der Waals surface area contributed by atoms with Crippen molar-refractivity contribution in [2.45, 2.75) is 38.5 Å². The minimum absolute atomic E-state index is 0.00481. The highest BCUT2D eigenvalue weighted by atomic mass is 35.5. The Kier molecular flexibility index (Phi) is 7.28. The fraction of sp³-hybridized carbons (Fsp3) is 0.233. The average molecular weight is 548 g/mol. The van der Waals surface area contributed by atoms with Crippen molar-refractivity contribution in [3.05, 3.63) is 110 Å². The molecule has 1 aliphatic carbocycles. The second-order valence-electron chi connectivity index (χ2n) is 9.55. The lowest BCUT2D eigenvalue weighted by Gasteiger charge is -2.37. The number of dihydropyridines is 1. The van der Waals surface area contributed by atoms with Gasteiger partial charge in [0.25, 0.3) is 5.91 Å². The van der Waals surface area contributed by atoms with Crippen LogP contribution in [0.1, 0.15) is 48.4 Å². The second kappa shape index (κ2) is 10.6. The van der Waals surface area contributed by atoms with Crippen LogP contribution in [0.4, 0.5) is 5.82 Å². The van der Waals surface area contributed by atoms with Gasteiger partial charge in [0.2, 0.25) is 0 Å². The van der Waals surface area contributed by atoms with Crippen molar-refractivity contribution in [2.75, 3.05) is 12.4 Å².